The maximum Gasteiger partial charge on any atom is 0.281 e. The molecule has 4 aromatic rings. The normalized spacial score (nSPS) is 10.7. The van der Waals surface area contributed by atoms with Gasteiger partial charge in [-0.25, -0.2) is 0 Å². The highest BCUT2D eigenvalue weighted by atomic mass is 16.2. The van der Waals surface area contributed by atoms with E-state index in [4.69, 9.17) is 0 Å². The quantitative estimate of drug-likeness (QED) is 0.502. The largest absolute Gasteiger partial charge is 0.378 e. The van der Waals surface area contributed by atoms with E-state index < -0.39 is 0 Å². The SMILES string of the molecule is Cc1ccccc1C(=O)n1nc(-c2ccccc2)nc1NCc1ccc(N(C)C)cc1. The Bertz CT molecular complexity index is 1180. The fourth-order valence-corrected chi connectivity index (χ4v) is 3.30. The number of nitrogens with one attached hydrogen (secondary N) is 1. The van der Waals surface area contributed by atoms with E-state index in [2.05, 4.69) is 44.6 Å². The van der Waals surface area contributed by atoms with Crippen LogP contribution in [0.2, 0.25) is 0 Å². The van der Waals surface area contributed by atoms with Gasteiger partial charge in [0.1, 0.15) is 0 Å². The summed E-state index contributed by atoms with van der Waals surface area (Å²) in [6.45, 7) is 2.45. The Hall–Kier alpha value is -3.93. The van der Waals surface area contributed by atoms with Gasteiger partial charge in [0.25, 0.3) is 5.91 Å². The van der Waals surface area contributed by atoms with E-state index >= 15 is 0 Å². The first-order chi connectivity index (χ1) is 15.0. The maximum absolute atomic E-state index is 13.3. The molecule has 1 heterocycles. The predicted molar refractivity (Wildman–Crippen MR) is 124 cm³/mol. The molecule has 1 N–H and O–H groups in total. The van der Waals surface area contributed by atoms with E-state index in [1.165, 1.54) is 4.68 Å². The summed E-state index contributed by atoms with van der Waals surface area (Å²) in [4.78, 5) is 20.0. The molecule has 0 radical (unpaired) electrons. The number of hydrogen-bond acceptors (Lipinski definition) is 5. The molecule has 0 bridgehead atoms. The standard InChI is InChI=1S/C25H25N5O/c1-18-9-7-8-12-22(18)24(31)30-25(27-23(28-30)20-10-5-4-6-11-20)26-17-19-13-15-21(16-14-19)29(2)3/h4-16H,17H2,1-3H3,(H,26,27,28). The molecule has 0 spiro atoms. The highest BCUT2D eigenvalue weighted by Crippen LogP contribution is 2.20. The van der Waals surface area contributed by atoms with E-state index in [0.29, 0.717) is 23.9 Å². The summed E-state index contributed by atoms with van der Waals surface area (Å²) in [6, 6.07) is 25.4. The molecule has 0 amide bonds. The molecule has 0 aliphatic rings. The fraction of sp³-hybridized carbons (Fsp3) is 0.160. The number of carbonyl (C=O) groups is 1. The molecule has 31 heavy (non-hydrogen) atoms. The molecule has 0 atom stereocenters. The molecule has 4 rings (SSSR count). The number of carbonyl (C=O) groups excluding carboxylic acids is 1. The van der Waals surface area contributed by atoms with Crippen LogP contribution in [0, 0.1) is 6.92 Å². The van der Waals surface area contributed by atoms with Gasteiger partial charge >= 0.3 is 0 Å². The summed E-state index contributed by atoms with van der Waals surface area (Å²) in [5.74, 6) is 0.718. The number of anilines is 2. The molecule has 0 fully saturated rings. The monoisotopic (exact) mass is 411 g/mol. The Labute approximate surface area is 182 Å². The van der Waals surface area contributed by atoms with Gasteiger partial charge in [0, 0.05) is 37.5 Å². The zero-order valence-corrected chi connectivity index (χ0v) is 17.9. The van der Waals surface area contributed by atoms with Crippen LogP contribution in [-0.4, -0.2) is 34.8 Å². The van der Waals surface area contributed by atoms with Crippen LogP contribution in [-0.2, 0) is 6.54 Å². The van der Waals surface area contributed by atoms with Crippen LogP contribution in [0.4, 0.5) is 11.6 Å². The van der Waals surface area contributed by atoms with Crippen molar-refractivity contribution in [1.29, 1.82) is 0 Å². The topological polar surface area (TPSA) is 63.1 Å². The minimum absolute atomic E-state index is 0.210. The summed E-state index contributed by atoms with van der Waals surface area (Å²) >= 11 is 0. The van der Waals surface area contributed by atoms with Gasteiger partial charge in [-0.3, -0.25) is 4.79 Å². The Morgan fingerprint density at radius 3 is 2.29 bits per heavy atom. The lowest BCUT2D eigenvalue weighted by Crippen LogP contribution is -2.18. The van der Waals surface area contributed by atoms with Crippen LogP contribution < -0.4 is 10.2 Å². The van der Waals surface area contributed by atoms with Gasteiger partial charge in [-0.2, -0.15) is 9.67 Å². The molecule has 0 saturated heterocycles. The number of aryl methyl sites for hydroxylation is 1. The molecule has 3 aromatic carbocycles. The van der Waals surface area contributed by atoms with Crippen LogP contribution in [0.25, 0.3) is 11.4 Å². The van der Waals surface area contributed by atoms with Crippen molar-refractivity contribution in [2.75, 3.05) is 24.3 Å². The maximum atomic E-state index is 13.3. The van der Waals surface area contributed by atoms with Crippen LogP contribution in [0.3, 0.4) is 0 Å². The molecule has 0 saturated carbocycles. The summed E-state index contributed by atoms with van der Waals surface area (Å²) < 4.78 is 1.36. The van der Waals surface area contributed by atoms with Gasteiger partial charge in [0.2, 0.25) is 5.95 Å². The van der Waals surface area contributed by atoms with Gasteiger partial charge in [0.15, 0.2) is 5.82 Å². The van der Waals surface area contributed by atoms with Crippen molar-refractivity contribution in [1.82, 2.24) is 14.8 Å². The zero-order chi connectivity index (χ0) is 21.8. The summed E-state index contributed by atoms with van der Waals surface area (Å²) in [6.07, 6.45) is 0. The van der Waals surface area contributed by atoms with Crippen molar-refractivity contribution < 1.29 is 4.79 Å². The van der Waals surface area contributed by atoms with Crippen molar-refractivity contribution in [3.8, 4) is 11.4 Å². The van der Waals surface area contributed by atoms with Gasteiger partial charge in [0.05, 0.1) is 0 Å². The first-order valence-electron chi connectivity index (χ1n) is 10.2. The van der Waals surface area contributed by atoms with Gasteiger partial charge in [-0.05, 0) is 36.2 Å². The van der Waals surface area contributed by atoms with Crippen LogP contribution >= 0.6 is 0 Å². The first-order valence-corrected chi connectivity index (χ1v) is 10.2. The van der Waals surface area contributed by atoms with Crippen LogP contribution in [0.15, 0.2) is 78.9 Å². The Balaban J connectivity index is 1.65. The van der Waals surface area contributed by atoms with Crippen molar-refractivity contribution in [2.24, 2.45) is 0 Å². The van der Waals surface area contributed by atoms with E-state index in [1.807, 2.05) is 75.6 Å². The van der Waals surface area contributed by atoms with Gasteiger partial charge < -0.3 is 10.2 Å². The molecule has 0 aliphatic carbocycles. The lowest BCUT2D eigenvalue weighted by molar-refractivity contribution is 0.0947. The first kappa shape index (κ1) is 20.3. The fourth-order valence-electron chi connectivity index (χ4n) is 3.30. The second kappa shape index (κ2) is 8.83. The number of rotatable bonds is 6. The molecular weight excluding hydrogens is 386 g/mol. The van der Waals surface area contributed by atoms with Crippen molar-refractivity contribution >= 4 is 17.5 Å². The smallest absolute Gasteiger partial charge is 0.281 e. The third-order valence-corrected chi connectivity index (χ3v) is 5.11. The van der Waals surface area contributed by atoms with E-state index in [9.17, 15) is 4.79 Å². The van der Waals surface area contributed by atoms with E-state index in [-0.39, 0.29) is 5.91 Å². The molecule has 1 aromatic heterocycles. The van der Waals surface area contributed by atoms with Crippen LogP contribution in [0.1, 0.15) is 21.5 Å². The van der Waals surface area contributed by atoms with Crippen molar-refractivity contribution in [3.63, 3.8) is 0 Å². The number of aromatic nitrogens is 3. The zero-order valence-electron chi connectivity index (χ0n) is 17.9. The Kier molecular flexibility index (Phi) is 5.80. The summed E-state index contributed by atoms with van der Waals surface area (Å²) in [5, 5.41) is 7.83. The number of hydrogen-bond donors (Lipinski definition) is 1. The Morgan fingerprint density at radius 2 is 1.61 bits per heavy atom. The minimum atomic E-state index is -0.210. The van der Waals surface area contributed by atoms with Crippen LogP contribution in [0.5, 0.6) is 0 Å². The van der Waals surface area contributed by atoms with Crippen molar-refractivity contribution in [3.05, 3.63) is 95.6 Å². The molecule has 0 unspecified atom stereocenters. The summed E-state index contributed by atoms with van der Waals surface area (Å²) in [7, 11) is 4.02. The lowest BCUT2D eigenvalue weighted by Gasteiger charge is -2.13. The highest BCUT2D eigenvalue weighted by molar-refractivity contribution is 5.98. The van der Waals surface area contributed by atoms with Crippen molar-refractivity contribution in [2.45, 2.75) is 13.5 Å². The average Bonchev–Trinajstić information content (AvgIpc) is 3.23. The molecular formula is C25H25N5O. The summed E-state index contributed by atoms with van der Waals surface area (Å²) in [5.41, 5.74) is 4.58. The molecule has 6 nitrogen and oxygen atoms in total. The number of benzene rings is 3. The van der Waals surface area contributed by atoms with Gasteiger partial charge in [-0.15, -0.1) is 5.10 Å². The third kappa shape index (κ3) is 4.48. The second-order valence-electron chi connectivity index (χ2n) is 7.57. The average molecular weight is 412 g/mol. The molecule has 0 aliphatic heterocycles. The minimum Gasteiger partial charge on any atom is -0.378 e. The highest BCUT2D eigenvalue weighted by Gasteiger charge is 2.19. The van der Waals surface area contributed by atoms with Gasteiger partial charge in [-0.1, -0.05) is 60.7 Å². The predicted octanol–water partition coefficient (Wildman–Crippen LogP) is 4.62. The number of nitrogens with zero attached hydrogens (tertiary/aromatic N) is 4. The third-order valence-electron chi connectivity index (χ3n) is 5.11. The van der Waals surface area contributed by atoms with E-state index in [1.54, 1.807) is 0 Å². The second-order valence-corrected chi connectivity index (χ2v) is 7.57. The lowest BCUT2D eigenvalue weighted by atomic mass is 10.1. The Morgan fingerprint density at radius 1 is 0.935 bits per heavy atom. The molecule has 156 valence electrons. The van der Waals surface area contributed by atoms with E-state index in [0.717, 1.165) is 22.4 Å². The molecule has 6 heteroatoms.